The van der Waals surface area contributed by atoms with Crippen molar-refractivity contribution in [2.45, 2.75) is 20.4 Å². The molecule has 0 aliphatic heterocycles. The van der Waals surface area contributed by atoms with Crippen LogP contribution < -0.4 is 5.73 Å². The number of oxime groups is 1. The fourth-order valence-corrected chi connectivity index (χ4v) is 1.27. The van der Waals surface area contributed by atoms with E-state index in [2.05, 4.69) is 25.1 Å². The molecule has 110 valence electrons. The van der Waals surface area contributed by atoms with E-state index in [1.807, 2.05) is 0 Å². The second kappa shape index (κ2) is 10.0. The number of nitrogens with two attached hydrogens (primary N) is 1. The molecule has 0 aliphatic rings. The van der Waals surface area contributed by atoms with E-state index in [1.165, 1.54) is 6.34 Å². The van der Waals surface area contributed by atoms with Crippen LogP contribution in [-0.2, 0) is 11.4 Å². The van der Waals surface area contributed by atoms with Crippen molar-refractivity contribution in [3.63, 3.8) is 0 Å². The molecule has 0 saturated carbocycles. The zero-order valence-electron chi connectivity index (χ0n) is 12.0. The van der Waals surface area contributed by atoms with Crippen molar-refractivity contribution in [2.75, 3.05) is 0 Å². The van der Waals surface area contributed by atoms with Gasteiger partial charge in [0, 0.05) is 30.9 Å². The van der Waals surface area contributed by atoms with Gasteiger partial charge in [-0.15, -0.1) is 0 Å². The first-order valence-electron chi connectivity index (χ1n) is 6.28. The van der Waals surface area contributed by atoms with Crippen LogP contribution in [0.15, 0.2) is 57.3 Å². The molecule has 0 atom stereocenters. The highest BCUT2D eigenvalue weighted by molar-refractivity contribution is 5.73. The van der Waals surface area contributed by atoms with Crippen molar-refractivity contribution < 1.29 is 4.84 Å². The van der Waals surface area contributed by atoms with E-state index < -0.39 is 0 Å². The van der Waals surface area contributed by atoms with E-state index in [-0.39, 0.29) is 0 Å². The molecule has 7 nitrogen and oxygen atoms in total. The number of hydrogen-bond donors (Lipinski definition) is 1. The lowest BCUT2D eigenvalue weighted by atomic mass is 10.3. The first-order valence-corrected chi connectivity index (χ1v) is 6.28. The molecule has 1 rings (SSSR count). The number of hydrogen-bond acceptors (Lipinski definition) is 6. The molecule has 21 heavy (non-hydrogen) atoms. The summed E-state index contributed by atoms with van der Waals surface area (Å²) in [5.74, 6) is 0.590. The quantitative estimate of drug-likeness (QED) is 0.272. The summed E-state index contributed by atoms with van der Waals surface area (Å²) in [5.41, 5.74) is 6.70. The summed E-state index contributed by atoms with van der Waals surface area (Å²) in [5, 5.41) is 3.67. The van der Waals surface area contributed by atoms with Crippen LogP contribution in [0.5, 0.6) is 0 Å². The predicted octanol–water partition coefficient (Wildman–Crippen LogP) is 1.84. The summed E-state index contributed by atoms with van der Waals surface area (Å²) in [4.78, 5) is 21.4. The van der Waals surface area contributed by atoms with Gasteiger partial charge in [-0.3, -0.25) is 15.0 Å². The van der Waals surface area contributed by atoms with Crippen molar-refractivity contribution in [1.82, 2.24) is 9.97 Å². The number of aliphatic imine (C=N–C) groups is 2. The molecule has 0 bridgehead atoms. The van der Waals surface area contributed by atoms with Crippen LogP contribution in [0.1, 0.15) is 19.5 Å². The lowest BCUT2D eigenvalue weighted by Gasteiger charge is -1.97. The third kappa shape index (κ3) is 7.36. The Morgan fingerprint density at radius 2 is 2.29 bits per heavy atom. The summed E-state index contributed by atoms with van der Waals surface area (Å²) < 4.78 is 0. The fourth-order valence-electron chi connectivity index (χ4n) is 1.27. The lowest BCUT2D eigenvalue weighted by molar-refractivity contribution is 0.231. The highest BCUT2D eigenvalue weighted by atomic mass is 16.6. The summed E-state index contributed by atoms with van der Waals surface area (Å²) in [7, 11) is 0. The van der Waals surface area contributed by atoms with Crippen LogP contribution in [0.4, 0.5) is 0 Å². The van der Waals surface area contributed by atoms with Gasteiger partial charge in [-0.1, -0.05) is 5.16 Å². The number of aromatic nitrogens is 2. The Morgan fingerprint density at radius 3 is 2.95 bits per heavy atom. The minimum Gasteiger partial charge on any atom is -0.390 e. The topological polar surface area (TPSA) is 98.1 Å². The smallest absolute Gasteiger partial charge is 0.134 e. The molecule has 1 heterocycles. The minimum absolute atomic E-state index is 0.448. The monoisotopic (exact) mass is 286 g/mol. The molecule has 7 heteroatoms. The Labute approximate surface area is 123 Å². The van der Waals surface area contributed by atoms with E-state index >= 15 is 0 Å². The molecule has 0 fully saturated rings. The predicted molar refractivity (Wildman–Crippen MR) is 84.0 cm³/mol. The third-order valence-electron chi connectivity index (χ3n) is 2.10. The molecule has 0 unspecified atom stereocenters. The lowest BCUT2D eigenvalue weighted by Crippen LogP contribution is -1.91. The third-order valence-corrected chi connectivity index (χ3v) is 2.10. The van der Waals surface area contributed by atoms with Gasteiger partial charge in [0.25, 0.3) is 0 Å². The molecule has 0 spiro atoms. The van der Waals surface area contributed by atoms with Crippen LogP contribution in [0.3, 0.4) is 0 Å². The van der Waals surface area contributed by atoms with Gasteiger partial charge in [0.05, 0.1) is 30.5 Å². The van der Waals surface area contributed by atoms with Gasteiger partial charge in [-0.25, -0.2) is 4.99 Å². The Morgan fingerprint density at radius 1 is 1.43 bits per heavy atom. The molecule has 0 aliphatic carbocycles. The van der Waals surface area contributed by atoms with Gasteiger partial charge < -0.3 is 10.6 Å². The van der Waals surface area contributed by atoms with Crippen molar-refractivity contribution in [2.24, 2.45) is 20.9 Å². The van der Waals surface area contributed by atoms with E-state index in [4.69, 9.17) is 10.6 Å². The summed E-state index contributed by atoms with van der Waals surface area (Å²) in [6.45, 7) is 3.98. The Kier molecular flexibility index (Phi) is 7.74. The molecular weight excluding hydrogens is 268 g/mol. The molecule has 2 N–H and O–H groups in total. The summed E-state index contributed by atoms with van der Waals surface area (Å²) >= 11 is 0. The zero-order chi connectivity index (χ0) is 15.3. The van der Waals surface area contributed by atoms with Crippen LogP contribution in [0.2, 0.25) is 0 Å². The molecule has 0 aromatic carbocycles. The molecule has 0 saturated heterocycles. The maximum atomic E-state index is 5.31. The minimum atomic E-state index is 0.448. The van der Waals surface area contributed by atoms with Crippen molar-refractivity contribution >= 4 is 18.8 Å². The van der Waals surface area contributed by atoms with Gasteiger partial charge >= 0.3 is 0 Å². The second-order valence-corrected chi connectivity index (χ2v) is 3.77. The first-order chi connectivity index (χ1) is 10.3. The van der Waals surface area contributed by atoms with E-state index in [0.29, 0.717) is 18.0 Å². The van der Waals surface area contributed by atoms with Crippen LogP contribution in [0.25, 0.3) is 0 Å². The number of allylic oxidation sites excluding steroid dienone is 3. The highest BCUT2D eigenvalue weighted by Crippen LogP contribution is 2.05. The second-order valence-electron chi connectivity index (χ2n) is 3.77. The molecule has 1 aromatic heterocycles. The summed E-state index contributed by atoms with van der Waals surface area (Å²) in [6.07, 6.45) is 12.7. The van der Waals surface area contributed by atoms with E-state index in [0.717, 1.165) is 5.69 Å². The molecule has 0 amide bonds. The number of rotatable bonds is 7. The standard InChI is InChI=1S/C14H18N6O/c1-3-20-21-12(2)8-13(19-11-15)4-5-16-9-14-10-17-6-7-18-14/h3-8,10-11H,9H2,1-2H3,(H2,15,19)/b12-8+,13-4?,16-5?,20-3+. The van der Waals surface area contributed by atoms with E-state index in [9.17, 15) is 0 Å². The van der Waals surface area contributed by atoms with Crippen LogP contribution in [-0.4, -0.2) is 28.7 Å². The Bertz CT molecular complexity index is 560. The van der Waals surface area contributed by atoms with Gasteiger partial charge in [0.15, 0.2) is 0 Å². The van der Waals surface area contributed by atoms with E-state index in [1.54, 1.807) is 57.0 Å². The van der Waals surface area contributed by atoms with Gasteiger partial charge in [0.2, 0.25) is 0 Å². The van der Waals surface area contributed by atoms with Crippen molar-refractivity contribution in [3.8, 4) is 0 Å². The largest absolute Gasteiger partial charge is 0.390 e. The van der Waals surface area contributed by atoms with Crippen molar-refractivity contribution in [3.05, 3.63) is 47.9 Å². The molecule has 0 radical (unpaired) electrons. The maximum absolute atomic E-state index is 5.31. The fraction of sp³-hybridized carbons (Fsp3) is 0.214. The molecule has 1 aromatic rings. The SMILES string of the molecule is C/C=N/O/C(C)=C/C(=CC=NCc1cnccn1)N=CN. The highest BCUT2D eigenvalue weighted by Gasteiger charge is 1.93. The average Bonchev–Trinajstić information content (AvgIpc) is 2.50. The van der Waals surface area contributed by atoms with Crippen molar-refractivity contribution in [1.29, 1.82) is 0 Å². The van der Waals surface area contributed by atoms with Gasteiger partial charge in [-0.2, -0.15) is 0 Å². The maximum Gasteiger partial charge on any atom is 0.134 e. The van der Waals surface area contributed by atoms with Gasteiger partial charge in [0.1, 0.15) is 5.76 Å². The zero-order valence-corrected chi connectivity index (χ0v) is 12.0. The van der Waals surface area contributed by atoms with Gasteiger partial charge in [-0.05, 0) is 19.9 Å². The average molecular weight is 286 g/mol. The Balaban J connectivity index is 2.67. The Hall–Kier alpha value is -2.83. The van der Waals surface area contributed by atoms with Crippen LogP contribution >= 0.6 is 0 Å². The van der Waals surface area contributed by atoms with Crippen LogP contribution in [0, 0.1) is 0 Å². The first kappa shape index (κ1) is 16.2. The molecular formula is C14H18N6O. The normalized spacial score (nSPS) is 13.6. The number of nitrogens with zero attached hydrogens (tertiary/aromatic N) is 5. The summed E-state index contributed by atoms with van der Waals surface area (Å²) in [6, 6.07) is 0.